The third-order valence-corrected chi connectivity index (χ3v) is 3.93. The van der Waals surface area contributed by atoms with Crippen LogP contribution in [0.15, 0.2) is 17.5 Å². The predicted octanol–water partition coefficient (Wildman–Crippen LogP) is 1.28. The number of carbonyl (C=O) groups excluding carboxylic acids is 1. The molecule has 0 aliphatic carbocycles. The molecule has 1 heterocycles. The van der Waals surface area contributed by atoms with Crippen molar-refractivity contribution in [2.24, 2.45) is 0 Å². The van der Waals surface area contributed by atoms with Gasteiger partial charge < -0.3 is 20.4 Å². The highest BCUT2D eigenvalue weighted by Gasteiger charge is 2.27. The summed E-state index contributed by atoms with van der Waals surface area (Å²) in [5.74, 6) is -1.26. The molecule has 3 unspecified atom stereocenters. The van der Waals surface area contributed by atoms with E-state index in [2.05, 4.69) is 5.32 Å². The minimum atomic E-state index is -1.31. The molecule has 0 bridgehead atoms. The van der Waals surface area contributed by atoms with Gasteiger partial charge in [-0.25, -0.2) is 9.59 Å². The van der Waals surface area contributed by atoms with Gasteiger partial charge in [0.2, 0.25) is 0 Å². The van der Waals surface area contributed by atoms with Gasteiger partial charge in [-0.3, -0.25) is 0 Å². The van der Waals surface area contributed by atoms with Crippen LogP contribution in [0.25, 0.3) is 0 Å². The molecule has 19 heavy (non-hydrogen) atoms. The number of aliphatic hydroxyl groups excluding tert-OH is 1. The van der Waals surface area contributed by atoms with Gasteiger partial charge in [-0.2, -0.15) is 0 Å². The number of carboxylic acid groups (broad SMARTS) is 1. The van der Waals surface area contributed by atoms with Crippen LogP contribution in [0.1, 0.15) is 24.8 Å². The Morgan fingerprint density at radius 1 is 1.42 bits per heavy atom. The molecule has 0 saturated carbocycles. The average Bonchev–Trinajstić information content (AvgIpc) is 2.86. The summed E-state index contributed by atoms with van der Waals surface area (Å²) in [6, 6.07) is 1.78. The van der Waals surface area contributed by atoms with Gasteiger partial charge in [0.25, 0.3) is 0 Å². The van der Waals surface area contributed by atoms with Crippen molar-refractivity contribution in [1.82, 2.24) is 10.2 Å². The van der Waals surface area contributed by atoms with Crippen LogP contribution in [0.3, 0.4) is 0 Å². The Kier molecular flexibility index (Phi) is 5.31. The highest BCUT2D eigenvalue weighted by molar-refractivity contribution is 7.10. The van der Waals surface area contributed by atoms with Crippen LogP contribution < -0.4 is 5.32 Å². The monoisotopic (exact) mass is 286 g/mol. The van der Waals surface area contributed by atoms with E-state index in [1.54, 1.807) is 7.05 Å². The zero-order valence-electron chi connectivity index (χ0n) is 11.0. The first-order valence-corrected chi connectivity index (χ1v) is 6.70. The van der Waals surface area contributed by atoms with Crippen LogP contribution in [-0.2, 0) is 4.79 Å². The fourth-order valence-electron chi connectivity index (χ4n) is 1.52. The first-order valence-electron chi connectivity index (χ1n) is 5.82. The van der Waals surface area contributed by atoms with Crippen molar-refractivity contribution in [2.75, 3.05) is 7.05 Å². The maximum absolute atomic E-state index is 11.9. The van der Waals surface area contributed by atoms with E-state index in [1.807, 2.05) is 24.4 Å². The van der Waals surface area contributed by atoms with Crippen molar-refractivity contribution in [2.45, 2.75) is 32.0 Å². The molecule has 3 atom stereocenters. The van der Waals surface area contributed by atoms with Crippen molar-refractivity contribution in [3.63, 3.8) is 0 Å². The Bertz CT molecular complexity index is 433. The molecule has 1 rings (SSSR count). The minimum absolute atomic E-state index is 0.163. The molecule has 0 saturated heterocycles. The summed E-state index contributed by atoms with van der Waals surface area (Å²) in [5, 5.41) is 22.4. The van der Waals surface area contributed by atoms with Crippen LogP contribution in [0.5, 0.6) is 0 Å². The molecular weight excluding hydrogens is 268 g/mol. The van der Waals surface area contributed by atoms with Crippen LogP contribution in [-0.4, -0.2) is 46.3 Å². The predicted molar refractivity (Wildman–Crippen MR) is 72.1 cm³/mol. The molecule has 7 heteroatoms. The first-order chi connectivity index (χ1) is 8.84. The number of carboxylic acids is 1. The maximum Gasteiger partial charge on any atom is 0.328 e. The lowest BCUT2D eigenvalue weighted by Crippen LogP contribution is -2.51. The van der Waals surface area contributed by atoms with Gasteiger partial charge in [0.05, 0.1) is 12.1 Å². The van der Waals surface area contributed by atoms with E-state index in [0.29, 0.717) is 0 Å². The Morgan fingerprint density at radius 3 is 2.47 bits per heavy atom. The van der Waals surface area contributed by atoms with Crippen LogP contribution in [0.2, 0.25) is 0 Å². The molecule has 0 aliphatic rings. The molecule has 0 radical (unpaired) electrons. The molecule has 3 N–H and O–H groups in total. The van der Waals surface area contributed by atoms with Crippen molar-refractivity contribution in [3.05, 3.63) is 22.4 Å². The van der Waals surface area contributed by atoms with Gasteiger partial charge in [-0.15, -0.1) is 11.3 Å². The Morgan fingerprint density at radius 2 is 2.05 bits per heavy atom. The molecule has 1 aromatic heterocycles. The summed E-state index contributed by atoms with van der Waals surface area (Å²) in [6.07, 6.45) is -1.16. The number of aliphatic carboxylic acids is 1. The van der Waals surface area contributed by atoms with Crippen LogP contribution in [0, 0.1) is 0 Å². The van der Waals surface area contributed by atoms with E-state index in [1.165, 1.54) is 23.2 Å². The largest absolute Gasteiger partial charge is 0.480 e. The van der Waals surface area contributed by atoms with Crippen molar-refractivity contribution in [3.8, 4) is 0 Å². The fourth-order valence-corrected chi connectivity index (χ4v) is 2.35. The summed E-state index contributed by atoms with van der Waals surface area (Å²) < 4.78 is 0. The lowest BCUT2D eigenvalue weighted by atomic mass is 10.2. The number of rotatable bonds is 5. The molecule has 0 fully saturated rings. The van der Waals surface area contributed by atoms with E-state index >= 15 is 0 Å². The average molecular weight is 286 g/mol. The zero-order valence-corrected chi connectivity index (χ0v) is 11.8. The highest BCUT2D eigenvalue weighted by atomic mass is 32.1. The van der Waals surface area contributed by atoms with Gasteiger partial charge in [-0.1, -0.05) is 6.07 Å². The second kappa shape index (κ2) is 6.53. The third-order valence-electron chi connectivity index (χ3n) is 2.88. The van der Waals surface area contributed by atoms with Gasteiger partial charge in [-0.05, 0) is 25.3 Å². The molecule has 0 aromatic carbocycles. The molecule has 1 aromatic rings. The number of carbonyl (C=O) groups is 2. The maximum atomic E-state index is 11.9. The molecule has 0 spiro atoms. The highest BCUT2D eigenvalue weighted by Crippen LogP contribution is 2.23. The number of thiophene rings is 1. The third kappa shape index (κ3) is 3.93. The lowest BCUT2D eigenvalue weighted by molar-refractivity contribution is -0.141. The van der Waals surface area contributed by atoms with E-state index in [0.717, 1.165) is 4.88 Å². The number of nitrogens with zero attached hydrogens (tertiary/aromatic N) is 1. The van der Waals surface area contributed by atoms with Crippen LogP contribution in [0.4, 0.5) is 4.79 Å². The standard InChI is InChI=1S/C12H18N2O4S/c1-7(9-5-4-6-19-9)14(3)12(18)13-10(8(2)15)11(16)17/h4-8,10,15H,1-3H3,(H,13,18)(H,16,17). The first kappa shape index (κ1) is 15.5. The fraction of sp³-hybridized carbons (Fsp3) is 0.500. The minimum Gasteiger partial charge on any atom is -0.480 e. The van der Waals surface area contributed by atoms with Gasteiger partial charge in [0.1, 0.15) is 0 Å². The van der Waals surface area contributed by atoms with Gasteiger partial charge in [0.15, 0.2) is 6.04 Å². The second-order valence-corrected chi connectivity index (χ2v) is 5.29. The van der Waals surface area contributed by atoms with Crippen molar-refractivity contribution >= 4 is 23.3 Å². The summed E-state index contributed by atoms with van der Waals surface area (Å²) in [7, 11) is 1.58. The summed E-state index contributed by atoms with van der Waals surface area (Å²) in [5.41, 5.74) is 0. The molecule has 6 nitrogen and oxygen atoms in total. The Labute approximate surface area is 115 Å². The summed E-state index contributed by atoms with van der Waals surface area (Å²) >= 11 is 1.52. The van der Waals surface area contributed by atoms with E-state index in [9.17, 15) is 14.7 Å². The van der Waals surface area contributed by atoms with Gasteiger partial charge in [0, 0.05) is 11.9 Å². The molecule has 0 aliphatic heterocycles. The Balaban J connectivity index is 2.69. The van der Waals surface area contributed by atoms with Crippen molar-refractivity contribution in [1.29, 1.82) is 0 Å². The topological polar surface area (TPSA) is 89.9 Å². The molecule has 2 amide bonds. The Hall–Kier alpha value is -1.60. The zero-order chi connectivity index (χ0) is 14.6. The molecular formula is C12H18N2O4S. The van der Waals surface area contributed by atoms with Crippen LogP contribution >= 0.6 is 11.3 Å². The SMILES string of the molecule is CC(O)C(NC(=O)N(C)C(C)c1cccs1)C(=O)O. The number of aliphatic hydroxyl groups is 1. The second-order valence-electron chi connectivity index (χ2n) is 4.31. The smallest absolute Gasteiger partial charge is 0.328 e. The number of amides is 2. The van der Waals surface area contributed by atoms with E-state index < -0.39 is 24.1 Å². The lowest BCUT2D eigenvalue weighted by Gasteiger charge is -2.27. The number of hydrogen-bond acceptors (Lipinski definition) is 4. The summed E-state index contributed by atoms with van der Waals surface area (Å²) in [6.45, 7) is 3.17. The number of hydrogen-bond donors (Lipinski definition) is 3. The van der Waals surface area contributed by atoms with E-state index in [4.69, 9.17) is 5.11 Å². The van der Waals surface area contributed by atoms with E-state index in [-0.39, 0.29) is 6.04 Å². The quantitative estimate of drug-likeness (QED) is 0.760. The number of nitrogens with one attached hydrogen (secondary N) is 1. The number of urea groups is 1. The van der Waals surface area contributed by atoms with Gasteiger partial charge >= 0.3 is 12.0 Å². The summed E-state index contributed by atoms with van der Waals surface area (Å²) in [4.78, 5) is 25.3. The normalized spacial score (nSPS) is 15.4. The van der Waals surface area contributed by atoms with Crippen molar-refractivity contribution < 1.29 is 19.8 Å². The molecule has 106 valence electrons.